The minimum absolute atomic E-state index is 0.465. The summed E-state index contributed by atoms with van der Waals surface area (Å²) >= 11 is 1.20. The molecule has 0 aliphatic rings. The van der Waals surface area contributed by atoms with E-state index >= 15 is 0 Å². The van der Waals surface area contributed by atoms with Crippen molar-refractivity contribution in [2.24, 2.45) is 5.73 Å². The number of nitrogens with zero attached hydrogens (tertiary/aromatic N) is 3. The number of hydrogen-bond acceptors (Lipinski definition) is 5. The summed E-state index contributed by atoms with van der Waals surface area (Å²) in [5, 5.41) is 10.0. The zero-order valence-electron chi connectivity index (χ0n) is 12.5. The Morgan fingerprint density at radius 2 is 2.09 bits per heavy atom. The lowest BCUT2D eigenvalue weighted by molar-refractivity contribution is -0.119. The summed E-state index contributed by atoms with van der Waals surface area (Å²) in [4.78, 5) is 22.5. The van der Waals surface area contributed by atoms with Crippen molar-refractivity contribution in [1.82, 2.24) is 20.1 Å². The van der Waals surface area contributed by atoms with Crippen molar-refractivity contribution < 1.29 is 9.59 Å². The lowest BCUT2D eigenvalue weighted by Gasteiger charge is -2.12. The monoisotopic (exact) mass is 319 g/mol. The summed E-state index contributed by atoms with van der Waals surface area (Å²) in [5.74, 6) is -0.465. The Morgan fingerprint density at radius 3 is 2.73 bits per heavy atom. The second-order valence-corrected chi connectivity index (χ2v) is 6.19. The number of nitrogens with one attached hydrogen (secondary N) is 1. The molecule has 8 heteroatoms. The molecule has 2 rings (SSSR count). The van der Waals surface area contributed by atoms with Crippen LogP contribution in [-0.2, 0) is 4.79 Å². The molecule has 1 heterocycles. The fourth-order valence-electron chi connectivity index (χ4n) is 1.98. The Balaban J connectivity index is 2.23. The predicted molar refractivity (Wildman–Crippen MR) is 83.9 cm³/mol. The highest BCUT2D eigenvalue weighted by Gasteiger charge is 2.19. The van der Waals surface area contributed by atoms with Crippen molar-refractivity contribution in [1.29, 1.82) is 0 Å². The third-order valence-corrected chi connectivity index (χ3v) is 4.08. The van der Waals surface area contributed by atoms with Gasteiger partial charge in [0.2, 0.25) is 5.91 Å². The Labute approximate surface area is 132 Å². The number of rotatable bonds is 4. The molecular weight excluding hydrogens is 302 g/mol. The summed E-state index contributed by atoms with van der Waals surface area (Å²) < 4.78 is 1.81. The number of hydrogen-bond donors (Lipinski definition) is 2. The third-order valence-electron chi connectivity index (χ3n) is 3.03. The van der Waals surface area contributed by atoms with E-state index in [1.165, 1.54) is 11.8 Å². The van der Waals surface area contributed by atoms with Crippen LogP contribution >= 0.6 is 11.8 Å². The predicted octanol–water partition coefficient (Wildman–Crippen LogP) is 1.56. The summed E-state index contributed by atoms with van der Waals surface area (Å²) in [6.07, 6.45) is 1.60. The van der Waals surface area contributed by atoms with E-state index in [-0.39, 0.29) is 0 Å². The number of carbonyl (C=O) groups excluding carboxylic acids is 2. The van der Waals surface area contributed by atoms with E-state index in [4.69, 9.17) is 5.73 Å². The molecule has 1 atom stereocenters. The van der Waals surface area contributed by atoms with E-state index < -0.39 is 17.2 Å². The second-order valence-electron chi connectivity index (χ2n) is 4.89. The third kappa shape index (κ3) is 3.64. The van der Waals surface area contributed by atoms with Gasteiger partial charge in [0.25, 0.3) is 0 Å². The molecule has 2 aromatic rings. The minimum atomic E-state index is -0.867. The molecule has 0 radical (unpaired) electrons. The van der Waals surface area contributed by atoms with Gasteiger partial charge in [-0.05, 0) is 32.4 Å². The van der Waals surface area contributed by atoms with Crippen LogP contribution in [0.25, 0.3) is 5.69 Å². The molecule has 3 N–H and O–H groups in total. The Kier molecular flexibility index (Phi) is 4.81. The molecule has 22 heavy (non-hydrogen) atoms. The van der Waals surface area contributed by atoms with Gasteiger partial charge in [0, 0.05) is 0 Å². The van der Waals surface area contributed by atoms with Crippen molar-refractivity contribution >= 4 is 23.7 Å². The van der Waals surface area contributed by atoms with E-state index in [2.05, 4.69) is 21.6 Å². The Morgan fingerprint density at radius 1 is 1.36 bits per heavy atom. The summed E-state index contributed by atoms with van der Waals surface area (Å²) in [5.41, 5.74) is 8.14. The van der Waals surface area contributed by atoms with Crippen LogP contribution in [0.3, 0.4) is 0 Å². The number of nitrogens with two attached hydrogens (primary N) is 1. The van der Waals surface area contributed by atoms with Crippen molar-refractivity contribution in [2.75, 3.05) is 0 Å². The first-order chi connectivity index (χ1) is 10.4. The highest BCUT2D eigenvalue weighted by Crippen LogP contribution is 2.25. The average Bonchev–Trinajstić information content (AvgIpc) is 2.86. The number of aryl methyl sites for hydroxylation is 2. The summed E-state index contributed by atoms with van der Waals surface area (Å²) in [7, 11) is 0. The lowest BCUT2D eigenvalue weighted by Crippen LogP contribution is -2.39. The van der Waals surface area contributed by atoms with Gasteiger partial charge < -0.3 is 5.73 Å². The van der Waals surface area contributed by atoms with Crippen LogP contribution in [0.5, 0.6) is 0 Å². The number of carbonyl (C=O) groups is 2. The quantitative estimate of drug-likeness (QED) is 0.832. The van der Waals surface area contributed by atoms with Gasteiger partial charge in [0.05, 0.1) is 10.9 Å². The average molecular weight is 319 g/mol. The minimum Gasteiger partial charge on any atom is -0.351 e. The topological polar surface area (TPSA) is 103 Å². The van der Waals surface area contributed by atoms with Gasteiger partial charge in [0.1, 0.15) is 6.33 Å². The maximum absolute atomic E-state index is 11.7. The molecule has 7 nitrogen and oxygen atoms in total. The molecule has 0 saturated heterocycles. The van der Waals surface area contributed by atoms with Gasteiger partial charge in [-0.2, -0.15) is 0 Å². The number of urea groups is 1. The largest absolute Gasteiger partial charge is 0.351 e. The number of aromatic nitrogens is 3. The molecule has 1 unspecified atom stereocenters. The highest BCUT2D eigenvalue weighted by atomic mass is 32.2. The molecule has 0 bridgehead atoms. The smallest absolute Gasteiger partial charge is 0.318 e. The van der Waals surface area contributed by atoms with Crippen molar-refractivity contribution in [3.8, 4) is 5.69 Å². The van der Waals surface area contributed by atoms with Crippen LogP contribution in [0.15, 0.2) is 29.7 Å². The lowest BCUT2D eigenvalue weighted by atomic mass is 10.1. The maximum Gasteiger partial charge on any atom is 0.318 e. The number of imide groups is 1. The first-order valence-corrected chi connectivity index (χ1v) is 7.51. The number of primary amides is 1. The molecule has 0 fully saturated rings. The molecule has 0 aliphatic carbocycles. The van der Waals surface area contributed by atoms with Crippen molar-refractivity contribution in [3.63, 3.8) is 0 Å². The molecule has 0 spiro atoms. The first-order valence-electron chi connectivity index (χ1n) is 6.63. The van der Waals surface area contributed by atoms with Gasteiger partial charge >= 0.3 is 6.03 Å². The summed E-state index contributed by atoms with van der Waals surface area (Å²) in [6, 6.07) is 5.17. The van der Waals surface area contributed by atoms with E-state index in [9.17, 15) is 9.59 Å². The molecule has 116 valence electrons. The normalized spacial score (nSPS) is 12.0. The zero-order chi connectivity index (χ0) is 16.3. The molecule has 1 aromatic heterocycles. The Hall–Kier alpha value is -2.35. The number of amides is 3. The van der Waals surface area contributed by atoms with Gasteiger partial charge in [-0.25, -0.2) is 4.79 Å². The molecule has 0 aliphatic heterocycles. The van der Waals surface area contributed by atoms with Crippen molar-refractivity contribution in [3.05, 3.63) is 35.7 Å². The fraction of sp³-hybridized carbons (Fsp3) is 0.286. The van der Waals surface area contributed by atoms with Crippen LogP contribution < -0.4 is 11.1 Å². The van der Waals surface area contributed by atoms with E-state index in [0.717, 1.165) is 16.8 Å². The van der Waals surface area contributed by atoms with E-state index in [1.54, 1.807) is 13.3 Å². The van der Waals surface area contributed by atoms with Crippen LogP contribution in [0.1, 0.15) is 18.1 Å². The van der Waals surface area contributed by atoms with Gasteiger partial charge in [-0.15, -0.1) is 10.2 Å². The van der Waals surface area contributed by atoms with E-state index in [0.29, 0.717) is 5.16 Å². The fourth-order valence-corrected chi connectivity index (χ4v) is 2.82. The summed E-state index contributed by atoms with van der Waals surface area (Å²) in [6.45, 7) is 5.69. The zero-order valence-corrected chi connectivity index (χ0v) is 13.3. The molecule has 3 amide bonds. The maximum atomic E-state index is 11.7. The molecule has 1 aromatic carbocycles. The molecular formula is C14H17N5O2S. The highest BCUT2D eigenvalue weighted by molar-refractivity contribution is 8.00. The van der Waals surface area contributed by atoms with Crippen LogP contribution in [0, 0.1) is 13.8 Å². The standard InChI is InChI=1S/C14H17N5O2S/c1-8-4-5-11(9(2)6-8)19-7-16-18-14(19)22-10(3)12(20)17-13(15)21/h4-7,10H,1-3H3,(H3,15,17,20,21). The number of thioether (sulfide) groups is 1. The SMILES string of the molecule is Cc1ccc(-n2cnnc2SC(C)C(=O)NC(N)=O)c(C)c1. The van der Waals surface area contributed by atoms with Crippen LogP contribution in [-0.4, -0.2) is 32.0 Å². The van der Waals surface area contributed by atoms with Crippen LogP contribution in [0.4, 0.5) is 4.79 Å². The van der Waals surface area contributed by atoms with Gasteiger partial charge in [-0.1, -0.05) is 29.5 Å². The van der Waals surface area contributed by atoms with E-state index in [1.807, 2.05) is 30.5 Å². The van der Waals surface area contributed by atoms with Crippen molar-refractivity contribution in [2.45, 2.75) is 31.2 Å². The molecule has 0 saturated carbocycles. The first kappa shape index (κ1) is 16.0. The Bertz CT molecular complexity index is 713. The van der Waals surface area contributed by atoms with Crippen LogP contribution in [0.2, 0.25) is 0 Å². The number of benzene rings is 1. The second kappa shape index (κ2) is 6.61. The van der Waals surface area contributed by atoms with Gasteiger partial charge in [0.15, 0.2) is 5.16 Å². The van der Waals surface area contributed by atoms with Gasteiger partial charge in [-0.3, -0.25) is 14.7 Å².